The Morgan fingerprint density at radius 2 is 1.88 bits per heavy atom. The van der Waals surface area contributed by atoms with Gasteiger partial charge in [0.05, 0.1) is 11.9 Å². The third-order valence-electron chi connectivity index (χ3n) is 4.69. The first kappa shape index (κ1) is 25.2. The van der Waals surface area contributed by atoms with Crippen molar-refractivity contribution >= 4 is 33.3 Å². The van der Waals surface area contributed by atoms with Crippen LogP contribution in [0.2, 0.25) is 0 Å². The van der Waals surface area contributed by atoms with Gasteiger partial charge in [-0.25, -0.2) is 18.4 Å². The molecule has 0 aliphatic heterocycles. The van der Waals surface area contributed by atoms with E-state index in [1.54, 1.807) is 31.2 Å². The van der Waals surface area contributed by atoms with Crippen LogP contribution in [-0.2, 0) is 22.7 Å². The summed E-state index contributed by atoms with van der Waals surface area (Å²) in [6, 6.07) is 9.72. The van der Waals surface area contributed by atoms with Crippen LogP contribution in [0.1, 0.15) is 36.6 Å². The van der Waals surface area contributed by atoms with Crippen molar-refractivity contribution in [1.29, 1.82) is 0 Å². The first-order valence-electron chi connectivity index (χ1n) is 10.2. The maximum atomic E-state index is 13.5. The van der Waals surface area contributed by atoms with Crippen LogP contribution in [0.5, 0.6) is 0 Å². The molecule has 2 heterocycles. The molecular weight excluding hydrogens is 473 g/mol. The number of rotatable bonds is 9. The molecular formula is C21H23F3N6O3S. The number of sulfonamides is 1. The van der Waals surface area contributed by atoms with Crippen LogP contribution >= 0.6 is 0 Å². The molecule has 0 radical (unpaired) electrons. The lowest BCUT2D eigenvalue weighted by atomic mass is 10.1. The van der Waals surface area contributed by atoms with Gasteiger partial charge in [-0.05, 0) is 37.6 Å². The number of aliphatic hydroxyl groups is 1. The molecule has 0 saturated heterocycles. The molecule has 1 aromatic carbocycles. The number of nitrogens with zero attached hydrogens (tertiary/aromatic N) is 3. The van der Waals surface area contributed by atoms with Gasteiger partial charge < -0.3 is 15.7 Å². The lowest BCUT2D eigenvalue weighted by Gasteiger charge is -2.16. The van der Waals surface area contributed by atoms with Crippen LogP contribution in [0.25, 0.3) is 0 Å². The second-order valence-electron chi connectivity index (χ2n) is 7.25. The van der Waals surface area contributed by atoms with Gasteiger partial charge in [0.2, 0.25) is 16.0 Å². The van der Waals surface area contributed by atoms with Gasteiger partial charge in [0.25, 0.3) is 0 Å². The van der Waals surface area contributed by atoms with E-state index in [1.807, 2.05) is 0 Å². The highest BCUT2D eigenvalue weighted by molar-refractivity contribution is 7.92. The Labute approximate surface area is 194 Å². The SMILES string of the molecule is CCS(=O)(=O)Nc1ncccc1CNc1nc(Nc2cccc(C(C)O)c2)ncc1C(F)(F)F. The fourth-order valence-corrected chi connectivity index (χ4v) is 3.48. The van der Waals surface area contributed by atoms with Gasteiger partial charge in [-0.2, -0.15) is 18.2 Å². The lowest BCUT2D eigenvalue weighted by molar-refractivity contribution is -0.137. The number of nitrogens with one attached hydrogen (secondary N) is 3. The highest BCUT2D eigenvalue weighted by atomic mass is 32.2. The average Bonchev–Trinajstić information content (AvgIpc) is 2.78. The number of anilines is 4. The summed E-state index contributed by atoms with van der Waals surface area (Å²) in [5.41, 5.74) is 0.322. The summed E-state index contributed by atoms with van der Waals surface area (Å²) in [6.07, 6.45) is -3.44. The summed E-state index contributed by atoms with van der Waals surface area (Å²) in [5.74, 6) is -0.778. The smallest absolute Gasteiger partial charge is 0.389 e. The first-order chi connectivity index (χ1) is 16.0. The van der Waals surface area contributed by atoms with Crippen LogP contribution in [0.4, 0.5) is 36.4 Å². The molecule has 0 saturated carbocycles. The molecule has 0 aliphatic rings. The largest absolute Gasteiger partial charge is 0.421 e. The molecule has 3 aromatic rings. The minimum Gasteiger partial charge on any atom is -0.389 e. The zero-order chi connectivity index (χ0) is 24.9. The van der Waals surface area contributed by atoms with Crippen molar-refractivity contribution in [3.8, 4) is 0 Å². The molecule has 9 nitrogen and oxygen atoms in total. The van der Waals surface area contributed by atoms with Gasteiger partial charge in [0.1, 0.15) is 17.2 Å². The number of pyridine rings is 1. The van der Waals surface area contributed by atoms with E-state index in [1.165, 1.54) is 25.3 Å². The molecule has 34 heavy (non-hydrogen) atoms. The van der Waals surface area contributed by atoms with Crippen LogP contribution in [0.15, 0.2) is 48.8 Å². The van der Waals surface area contributed by atoms with Crippen molar-refractivity contribution < 1.29 is 26.7 Å². The molecule has 0 aliphatic carbocycles. The van der Waals surface area contributed by atoms with Crippen molar-refractivity contribution in [2.45, 2.75) is 32.7 Å². The van der Waals surface area contributed by atoms with E-state index in [0.29, 0.717) is 23.0 Å². The van der Waals surface area contributed by atoms with Crippen LogP contribution in [-0.4, -0.2) is 34.2 Å². The molecule has 0 amide bonds. The van der Waals surface area contributed by atoms with E-state index in [-0.39, 0.29) is 24.1 Å². The fraction of sp³-hybridized carbons (Fsp3) is 0.286. The van der Waals surface area contributed by atoms with E-state index >= 15 is 0 Å². The molecule has 1 unspecified atom stereocenters. The third kappa shape index (κ3) is 6.54. The number of halogens is 3. The molecule has 0 spiro atoms. The lowest BCUT2D eigenvalue weighted by Crippen LogP contribution is -2.18. The number of aromatic nitrogens is 3. The van der Waals surface area contributed by atoms with Crippen molar-refractivity contribution in [2.24, 2.45) is 0 Å². The number of alkyl halides is 3. The summed E-state index contributed by atoms with van der Waals surface area (Å²) in [6.45, 7) is 2.85. The molecule has 182 valence electrons. The molecule has 4 N–H and O–H groups in total. The van der Waals surface area contributed by atoms with Crippen molar-refractivity contribution in [1.82, 2.24) is 15.0 Å². The molecule has 3 rings (SSSR count). The van der Waals surface area contributed by atoms with Crippen LogP contribution < -0.4 is 15.4 Å². The second kappa shape index (κ2) is 10.2. The van der Waals surface area contributed by atoms with Crippen LogP contribution in [0.3, 0.4) is 0 Å². The molecule has 1 atom stereocenters. The Bertz CT molecular complexity index is 1250. The normalized spacial score (nSPS) is 12.8. The summed E-state index contributed by atoms with van der Waals surface area (Å²) in [4.78, 5) is 11.7. The van der Waals surface area contributed by atoms with E-state index in [9.17, 15) is 26.7 Å². The van der Waals surface area contributed by atoms with Gasteiger partial charge in [0.15, 0.2) is 0 Å². The maximum absolute atomic E-state index is 13.5. The number of hydrogen-bond acceptors (Lipinski definition) is 8. The Morgan fingerprint density at radius 1 is 1.12 bits per heavy atom. The molecule has 0 fully saturated rings. The Morgan fingerprint density at radius 3 is 2.56 bits per heavy atom. The minimum absolute atomic E-state index is 0.00718. The summed E-state index contributed by atoms with van der Waals surface area (Å²) < 4.78 is 66.8. The van der Waals surface area contributed by atoms with Crippen molar-refractivity contribution in [3.63, 3.8) is 0 Å². The van der Waals surface area contributed by atoms with Crippen LogP contribution in [0, 0.1) is 0 Å². The zero-order valence-corrected chi connectivity index (χ0v) is 19.1. The van der Waals surface area contributed by atoms with Gasteiger partial charge in [-0.3, -0.25) is 4.72 Å². The zero-order valence-electron chi connectivity index (χ0n) is 18.3. The van der Waals surface area contributed by atoms with Gasteiger partial charge in [0, 0.05) is 30.2 Å². The van der Waals surface area contributed by atoms with E-state index < -0.39 is 33.7 Å². The summed E-state index contributed by atoms with van der Waals surface area (Å²) in [5, 5.41) is 15.2. The number of hydrogen-bond donors (Lipinski definition) is 4. The maximum Gasteiger partial charge on any atom is 0.421 e. The molecule has 0 bridgehead atoms. The Hall–Kier alpha value is -3.45. The van der Waals surface area contributed by atoms with Crippen molar-refractivity contribution in [2.75, 3.05) is 21.1 Å². The molecule has 13 heteroatoms. The van der Waals surface area contributed by atoms with E-state index in [0.717, 1.165) is 0 Å². The predicted octanol–water partition coefficient (Wildman–Crippen LogP) is 4.06. The van der Waals surface area contributed by atoms with Gasteiger partial charge >= 0.3 is 6.18 Å². The fourth-order valence-electron chi connectivity index (χ4n) is 2.86. The topological polar surface area (TPSA) is 129 Å². The van der Waals surface area contributed by atoms with E-state index in [4.69, 9.17) is 0 Å². The van der Waals surface area contributed by atoms with E-state index in [2.05, 4.69) is 30.3 Å². The second-order valence-corrected chi connectivity index (χ2v) is 9.26. The monoisotopic (exact) mass is 496 g/mol. The number of benzene rings is 1. The predicted molar refractivity (Wildman–Crippen MR) is 122 cm³/mol. The third-order valence-corrected chi connectivity index (χ3v) is 5.95. The summed E-state index contributed by atoms with van der Waals surface area (Å²) in [7, 11) is -3.63. The Balaban J connectivity index is 1.88. The first-order valence-corrected chi connectivity index (χ1v) is 11.8. The quantitative estimate of drug-likeness (QED) is 0.349. The standard InChI is InChI=1S/C21H23F3N6O3S/c1-3-34(32,33)30-18-15(7-5-9-25-18)11-26-19-17(21(22,23)24)12-27-20(29-19)28-16-8-4-6-14(10-16)13(2)31/h4-10,12-13,31H,3,11H2,1-2H3,(H,25,30)(H2,26,27,28,29). The highest BCUT2D eigenvalue weighted by Crippen LogP contribution is 2.34. The molecule has 2 aromatic heterocycles. The summed E-state index contributed by atoms with van der Waals surface area (Å²) >= 11 is 0. The van der Waals surface area contributed by atoms with Gasteiger partial charge in [-0.1, -0.05) is 18.2 Å². The highest BCUT2D eigenvalue weighted by Gasteiger charge is 2.35. The Kier molecular flexibility index (Phi) is 7.57. The average molecular weight is 497 g/mol. The minimum atomic E-state index is -4.73. The van der Waals surface area contributed by atoms with Gasteiger partial charge in [-0.15, -0.1) is 0 Å². The number of aliphatic hydroxyl groups excluding tert-OH is 1. The van der Waals surface area contributed by atoms with Crippen molar-refractivity contribution in [3.05, 3.63) is 65.5 Å².